The molecule has 1 unspecified atom stereocenters. The maximum absolute atomic E-state index is 13.8. The summed E-state index contributed by atoms with van der Waals surface area (Å²) in [5, 5.41) is 0.131. The number of fused-ring (bicyclic) bond motifs is 2. The summed E-state index contributed by atoms with van der Waals surface area (Å²) >= 11 is 6.19. The van der Waals surface area contributed by atoms with Gasteiger partial charge in [0.2, 0.25) is 5.41 Å². The zero-order valence-corrected chi connectivity index (χ0v) is 18.5. The van der Waals surface area contributed by atoms with Crippen molar-refractivity contribution in [3.05, 3.63) is 80.9 Å². The second-order valence-electron chi connectivity index (χ2n) is 7.45. The zero-order valence-electron chi connectivity index (χ0n) is 17.8. The number of carbonyl (C=O) groups excluding carboxylic acids is 5. The highest BCUT2D eigenvalue weighted by Gasteiger charge is 2.63. The van der Waals surface area contributed by atoms with Crippen LogP contribution in [-0.4, -0.2) is 43.7 Å². The molecule has 0 saturated heterocycles. The van der Waals surface area contributed by atoms with Crippen molar-refractivity contribution in [1.82, 2.24) is 0 Å². The van der Waals surface area contributed by atoms with E-state index >= 15 is 0 Å². The number of hydrogen-bond donors (Lipinski definition) is 0. The van der Waals surface area contributed by atoms with Gasteiger partial charge in [0, 0.05) is 34.2 Å². The molecule has 9 heteroatoms. The van der Waals surface area contributed by atoms with Crippen molar-refractivity contribution in [3.8, 4) is 0 Å². The van der Waals surface area contributed by atoms with Gasteiger partial charge >= 0.3 is 17.9 Å². The third kappa shape index (κ3) is 3.01. The smallest absolute Gasteiger partial charge is 0.332 e. The summed E-state index contributed by atoms with van der Waals surface area (Å²) in [6.07, 6.45) is -1.36. The quantitative estimate of drug-likeness (QED) is 0.384. The standard InChI is InChI=1S/C24H17ClO8/c1-11(26)33-21-15-9-8-12(25)10-16(15)24(22(29)31-2,23(30)32-3)18-17(21)19(27)13-6-4-5-7-14(13)20(18)28/h4-10,21H,1-3H3. The molecule has 0 bridgehead atoms. The van der Waals surface area contributed by atoms with E-state index in [1.807, 2.05) is 0 Å². The Balaban J connectivity index is 2.22. The predicted molar refractivity (Wildman–Crippen MR) is 114 cm³/mol. The monoisotopic (exact) mass is 468 g/mol. The van der Waals surface area contributed by atoms with E-state index in [2.05, 4.69) is 0 Å². The molecule has 0 heterocycles. The van der Waals surface area contributed by atoms with Crippen LogP contribution in [0.1, 0.15) is 44.9 Å². The molecule has 0 aromatic heterocycles. The Kier molecular flexibility index (Phi) is 5.41. The number of methoxy groups -OCH3 is 2. The lowest BCUT2D eigenvalue weighted by Crippen LogP contribution is -2.54. The van der Waals surface area contributed by atoms with Crippen LogP contribution in [0.2, 0.25) is 5.02 Å². The minimum Gasteiger partial charge on any atom is -0.468 e. The van der Waals surface area contributed by atoms with E-state index in [1.54, 1.807) is 12.1 Å². The molecule has 0 saturated carbocycles. The first-order valence-electron chi connectivity index (χ1n) is 9.77. The Morgan fingerprint density at radius 1 is 0.909 bits per heavy atom. The molecule has 33 heavy (non-hydrogen) atoms. The number of rotatable bonds is 3. The van der Waals surface area contributed by atoms with Gasteiger partial charge in [-0.15, -0.1) is 0 Å². The fraction of sp³-hybridized carbons (Fsp3) is 0.208. The van der Waals surface area contributed by atoms with Gasteiger partial charge in [0.25, 0.3) is 0 Å². The molecule has 2 aromatic carbocycles. The van der Waals surface area contributed by atoms with E-state index in [-0.39, 0.29) is 32.8 Å². The summed E-state index contributed by atoms with van der Waals surface area (Å²) in [5.41, 5.74) is -3.14. The first kappa shape index (κ1) is 22.4. The summed E-state index contributed by atoms with van der Waals surface area (Å²) in [7, 11) is 2.08. The van der Waals surface area contributed by atoms with Gasteiger partial charge < -0.3 is 14.2 Å². The van der Waals surface area contributed by atoms with Crippen LogP contribution in [0.3, 0.4) is 0 Å². The van der Waals surface area contributed by atoms with Crippen molar-refractivity contribution < 1.29 is 38.2 Å². The molecule has 2 aliphatic rings. The van der Waals surface area contributed by atoms with Crippen molar-refractivity contribution in [3.63, 3.8) is 0 Å². The van der Waals surface area contributed by atoms with E-state index in [0.717, 1.165) is 21.1 Å². The predicted octanol–water partition coefficient (Wildman–Crippen LogP) is 2.92. The van der Waals surface area contributed by atoms with E-state index in [1.165, 1.54) is 30.3 Å². The Labute approximate surface area is 193 Å². The normalized spacial score (nSPS) is 18.0. The number of esters is 3. The molecule has 0 amide bonds. The van der Waals surface area contributed by atoms with Crippen LogP contribution in [0, 0.1) is 0 Å². The zero-order chi connectivity index (χ0) is 24.1. The largest absolute Gasteiger partial charge is 0.468 e. The molecule has 0 aliphatic heterocycles. The average molecular weight is 469 g/mol. The minimum atomic E-state index is -2.46. The van der Waals surface area contributed by atoms with E-state index < -0.39 is 46.6 Å². The molecule has 4 rings (SSSR count). The second-order valence-corrected chi connectivity index (χ2v) is 7.88. The molecule has 2 aromatic rings. The van der Waals surface area contributed by atoms with Gasteiger partial charge in [-0.2, -0.15) is 0 Å². The number of carbonyl (C=O) groups is 5. The topological polar surface area (TPSA) is 113 Å². The number of benzene rings is 2. The summed E-state index contributed by atoms with van der Waals surface area (Å²) in [6.45, 7) is 1.14. The Bertz CT molecular complexity index is 1270. The number of Topliss-reactive ketones (excluding diaryl/α,β-unsaturated/α-hetero) is 2. The lowest BCUT2D eigenvalue weighted by molar-refractivity contribution is -0.159. The SMILES string of the molecule is COC(=O)C1(C(=O)OC)C2=C(C(=O)c3ccccc3C2=O)C(OC(C)=O)c2ccc(Cl)cc21. The van der Waals surface area contributed by atoms with Crippen LogP contribution in [0.4, 0.5) is 0 Å². The summed E-state index contributed by atoms with van der Waals surface area (Å²) in [6, 6.07) is 10.1. The molecule has 0 fully saturated rings. The highest BCUT2D eigenvalue weighted by molar-refractivity contribution is 6.34. The Morgan fingerprint density at radius 3 is 2.03 bits per heavy atom. The van der Waals surface area contributed by atoms with Crippen LogP contribution in [0.15, 0.2) is 53.6 Å². The molecular weight excluding hydrogens is 452 g/mol. The van der Waals surface area contributed by atoms with Gasteiger partial charge in [0.05, 0.1) is 19.8 Å². The fourth-order valence-corrected chi connectivity index (χ4v) is 4.66. The number of ether oxygens (including phenoxy) is 3. The van der Waals surface area contributed by atoms with Crippen molar-refractivity contribution in [2.45, 2.75) is 18.4 Å². The molecule has 168 valence electrons. The molecule has 0 radical (unpaired) electrons. The van der Waals surface area contributed by atoms with Crippen molar-refractivity contribution in [1.29, 1.82) is 0 Å². The van der Waals surface area contributed by atoms with Crippen LogP contribution >= 0.6 is 11.6 Å². The maximum atomic E-state index is 13.8. The maximum Gasteiger partial charge on any atom is 0.332 e. The molecule has 8 nitrogen and oxygen atoms in total. The second kappa shape index (κ2) is 7.97. The molecule has 2 aliphatic carbocycles. The van der Waals surface area contributed by atoms with Crippen LogP contribution in [0.25, 0.3) is 0 Å². The summed E-state index contributed by atoms with van der Waals surface area (Å²) in [5.74, 6) is -4.46. The first-order chi connectivity index (χ1) is 15.7. The van der Waals surface area contributed by atoms with Crippen molar-refractivity contribution in [2.24, 2.45) is 0 Å². The van der Waals surface area contributed by atoms with E-state index in [9.17, 15) is 24.0 Å². The fourth-order valence-electron chi connectivity index (χ4n) is 4.49. The molecule has 0 spiro atoms. The number of ketones is 2. The Morgan fingerprint density at radius 2 is 1.48 bits per heavy atom. The highest BCUT2D eigenvalue weighted by Crippen LogP contribution is 2.52. The highest BCUT2D eigenvalue weighted by atomic mass is 35.5. The van der Waals surface area contributed by atoms with Crippen LogP contribution in [-0.2, 0) is 34.0 Å². The third-order valence-corrected chi connectivity index (χ3v) is 6.00. The van der Waals surface area contributed by atoms with Crippen molar-refractivity contribution >= 4 is 41.1 Å². The Hall–Kier alpha value is -3.78. The summed E-state index contributed by atoms with van der Waals surface area (Å²) in [4.78, 5) is 66.1. The third-order valence-electron chi connectivity index (χ3n) is 5.76. The molecular formula is C24H17ClO8. The van der Waals surface area contributed by atoms with Gasteiger partial charge in [0.15, 0.2) is 17.7 Å². The van der Waals surface area contributed by atoms with Gasteiger partial charge in [-0.1, -0.05) is 41.9 Å². The van der Waals surface area contributed by atoms with Crippen molar-refractivity contribution in [2.75, 3.05) is 14.2 Å². The minimum absolute atomic E-state index is 0.00881. The summed E-state index contributed by atoms with van der Waals surface area (Å²) < 4.78 is 15.4. The molecule has 1 atom stereocenters. The first-order valence-corrected chi connectivity index (χ1v) is 10.1. The molecule has 0 N–H and O–H groups in total. The van der Waals surface area contributed by atoms with Gasteiger partial charge in [-0.25, -0.2) is 0 Å². The lowest BCUT2D eigenvalue weighted by atomic mass is 9.60. The van der Waals surface area contributed by atoms with Crippen LogP contribution < -0.4 is 0 Å². The van der Waals surface area contributed by atoms with Gasteiger partial charge in [0.1, 0.15) is 0 Å². The lowest BCUT2D eigenvalue weighted by Gasteiger charge is -2.41. The van der Waals surface area contributed by atoms with Crippen LogP contribution in [0.5, 0.6) is 0 Å². The van der Waals surface area contributed by atoms with Gasteiger partial charge in [-0.3, -0.25) is 24.0 Å². The van der Waals surface area contributed by atoms with E-state index in [0.29, 0.717) is 0 Å². The number of halogens is 1. The average Bonchev–Trinajstić information content (AvgIpc) is 2.80. The number of hydrogen-bond acceptors (Lipinski definition) is 8. The van der Waals surface area contributed by atoms with Gasteiger partial charge in [-0.05, 0) is 17.7 Å². The van der Waals surface area contributed by atoms with E-state index in [4.69, 9.17) is 25.8 Å².